The number of carbonyl (C=O) groups is 1. The minimum atomic E-state index is -2.16. The zero-order valence-corrected chi connectivity index (χ0v) is 31.5. The van der Waals surface area contributed by atoms with Crippen molar-refractivity contribution < 1.29 is 28.9 Å². The second kappa shape index (κ2) is 17.3. The second-order valence-corrected chi connectivity index (χ2v) is 19.8. The Kier molecular flexibility index (Phi) is 13.6. The van der Waals surface area contributed by atoms with E-state index in [-0.39, 0.29) is 24.2 Å². The number of hydrogen-bond donors (Lipinski definition) is 2. The van der Waals surface area contributed by atoms with Crippen LogP contribution in [0.25, 0.3) is 0 Å². The number of ether oxygens (including phenoxy) is 2. The molecule has 3 aromatic carbocycles. The van der Waals surface area contributed by atoms with Crippen molar-refractivity contribution in [1.29, 1.82) is 0 Å². The molecule has 0 saturated carbocycles. The van der Waals surface area contributed by atoms with Gasteiger partial charge in [0, 0.05) is 11.5 Å². The van der Waals surface area contributed by atoms with Gasteiger partial charge in [-0.2, -0.15) is 0 Å². The maximum absolute atomic E-state index is 11.6. The van der Waals surface area contributed by atoms with Crippen LogP contribution in [0, 0.1) is 0 Å². The summed E-state index contributed by atoms with van der Waals surface area (Å²) in [5.41, 5.74) is 3.01. The van der Waals surface area contributed by atoms with Crippen molar-refractivity contribution in [2.45, 2.75) is 108 Å². The zero-order valence-electron chi connectivity index (χ0n) is 29.8. The lowest BCUT2D eigenvalue weighted by molar-refractivity contribution is -0.138. The minimum absolute atomic E-state index is 0.0247. The lowest BCUT2D eigenvalue weighted by atomic mass is 9.80. The Bertz CT molecular complexity index is 1440. The molecule has 49 heavy (non-hydrogen) atoms. The fourth-order valence-corrected chi connectivity index (χ4v) is 7.55. The van der Waals surface area contributed by atoms with Gasteiger partial charge in [0.05, 0.1) is 31.3 Å². The summed E-state index contributed by atoms with van der Waals surface area (Å²) >= 11 is 6.64. The van der Waals surface area contributed by atoms with E-state index in [9.17, 15) is 15.0 Å². The van der Waals surface area contributed by atoms with Crippen molar-refractivity contribution in [3.63, 3.8) is 0 Å². The summed E-state index contributed by atoms with van der Waals surface area (Å²) in [4.78, 5) is 11.6. The number of carboxylic acids is 1. The van der Waals surface area contributed by atoms with Crippen molar-refractivity contribution in [2.24, 2.45) is 0 Å². The zero-order chi connectivity index (χ0) is 35.7. The first kappa shape index (κ1) is 38.8. The third kappa shape index (κ3) is 10.3. The maximum atomic E-state index is 11.6. The van der Waals surface area contributed by atoms with Crippen LogP contribution in [0.3, 0.4) is 0 Å². The largest absolute Gasteiger partial charge is 0.481 e. The Hall–Kier alpha value is -3.04. The van der Waals surface area contributed by atoms with E-state index < -0.39 is 38.2 Å². The monoisotopic (exact) mass is 704 g/mol. The molecule has 8 heteroatoms. The molecular formula is C41H53ClO6Si. The summed E-state index contributed by atoms with van der Waals surface area (Å²) in [6.07, 6.45) is 4.49. The summed E-state index contributed by atoms with van der Waals surface area (Å²) in [7, 11) is -2.16. The van der Waals surface area contributed by atoms with Crippen molar-refractivity contribution in [1.82, 2.24) is 0 Å². The van der Waals surface area contributed by atoms with Gasteiger partial charge in [-0.25, -0.2) is 0 Å². The Balaban J connectivity index is 1.39. The average molecular weight is 705 g/mol. The van der Waals surface area contributed by atoms with Gasteiger partial charge in [-0.05, 0) is 66.6 Å². The molecule has 0 spiro atoms. The van der Waals surface area contributed by atoms with Gasteiger partial charge in [0.1, 0.15) is 11.7 Å². The molecule has 0 amide bonds. The first-order valence-electron chi connectivity index (χ1n) is 17.3. The number of hydrogen-bond acceptors (Lipinski definition) is 5. The van der Waals surface area contributed by atoms with Gasteiger partial charge in [0.15, 0.2) is 8.32 Å². The topological polar surface area (TPSA) is 85.2 Å². The van der Waals surface area contributed by atoms with Gasteiger partial charge in [0.2, 0.25) is 0 Å². The maximum Gasteiger partial charge on any atom is 0.306 e. The first-order chi connectivity index (χ1) is 23.2. The van der Waals surface area contributed by atoms with E-state index in [4.69, 9.17) is 25.5 Å². The summed E-state index contributed by atoms with van der Waals surface area (Å²) in [5.74, 6) is -0.877. The molecule has 0 radical (unpaired) electrons. The third-order valence-corrected chi connectivity index (χ3v) is 14.7. The van der Waals surface area contributed by atoms with E-state index in [0.29, 0.717) is 30.7 Å². The smallest absolute Gasteiger partial charge is 0.306 e. The van der Waals surface area contributed by atoms with E-state index in [1.807, 2.05) is 73.7 Å². The number of halogens is 1. The van der Waals surface area contributed by atoms with Crippen molar-refractivity contribution in [3.05, 3.63) is 130 Å². The molecule has 0 aliphatic carbocycles. The quantitative estimate of drug-likeness (QED) is 0.0878. The van der Waals surface area contributed by atoms with Gasteiger partial charge in [-0.3, -0.25) is 4.79 Å². The summed E-state index contributed by atoms with van der Waals surface area (Å²) in [6, 6.07) is 30.5. The van der Waals surface area contributed by atoms with Crippen LogP contribution >= 0.6 is 11.6 Å². The summed E-state index contributed by atoms with van der Waals surface area (Å²) in [6.45, 7) is 12.9. The molecule has 0 aromatic heterocycles. The standard InChI is InChI=1S/C41H53ClO6Si/c1-30(37(28-39(44)45)48-49(5,6)40(2,3)4)17-16-24-34(42)25-26-35-27-36(43)38(47-35)29-46-41(31-18-10-7-11-19-31,32-20-12-8-13-21-32)33-22-14-9-15-23-33/h7-15,17-24,35-38,43H,16,25-29H2,1-6H3,(H,44,45)/b30-17-,34-24-/t35-,36-,37-,38-/m0/s1. The Labute approximate surface area is 298 Å². The van der Waals surface area contributed by atoms with E-state index >= 15 is 0 Å². The van der Waals surface area contributed by atoms with Gasteiger partial charge in [0.25, 0.3) is 0 Å². The molecule has 2 N–H and O–H groups in total. The van der Waals surface area contributed by atoms with Crippen molar-refractivity contribution in [2.75, 3.05) is 6.61 Å². The highest BCUT2D eigenvalue weighted by atomic mass is 35.5. The fraction of sp³-hybridized carbons (Fsp3) is 0.439. The van der Waals surface area contributed by atoms with Gasteiger partial charge >= 0.3 is 5.97 Å². The molecule has 1 fully saturated rings. The predicted molar refractivity (Wildman–Crippen MR) is 200 cm³/mol. The number of aliphatic hydroxyl groups is 1. The van der Waals surface area contributed by atoms with E-state index in [2.05, 4.69) is 70.3 Å². The predicted octanol–water partition coefficient (Wildman–Crippen LogP) is 9.62. The van der Waals surface area contributed by atoms with Crippen LogP contribution in [0.1, 0.15) is 76.5 Å². The van der Waals surface area contributed by atoms with Crippen LogP contribution in [0.5, 0.6) is 0 Å². The number of benzene rings is 3. The number of allylic oxidation sites excluding steroid dienone is 3. The highest BCUT2D eigenvalue weighted by Gasteiger charge is 2.42. The van der Waals surface area contributed by atoms with Crippen LogP contribution in [0.15, 0.2) is 114 Å². The normalized spacial score (nSPS) is 20.0. The molecule has 1 heterocycles. The molecule has 1 saturated heterocycles. The second-order valence-electron chi connectivity index (χ2n) is 14.5. The van der Waals surface area contributed by atoms with E-state index in [1.165, 1.54) is 0 Å². The molecule has 1 aliphatic rings. The van der Waals surface area contributed by atoms with Crippen molar-refractivity contribution in [3.8, 4) is 0 Å². The molecular weight excluding hydrogens is 652 g/mol. The Morgan fingerprint density at radius 1 is 0.939 bits per heavy atom. The SMILES string of the molecule is C/C(=C/C/C=C(\Cl)CC[C@H]1C[C@H](O)[C@H](COC(c2ccccc2)(c2ccccc2)c2ccccc2)O1)[C@H](CC(=O)O)O[Si](C)(C)C(C)(C)C. The lowest BCUT2D eigenvalue weighted by Crippen LogP contribution is -2.44. The first-order valence-corrected chi connectivity index (χ1v) is 20.6. The van der Waals surface area contributed by atoms with Crippen LogP contribution in [0.2, 0.25) is 18.1 Å². The molecule has 4 atom stereocenters. The number of carboxylic acid groups (broad SMARTS) is 1. The average Bonchev–Trinajstić information content (AvgIpc) is 3.43. The highest BCUT2D eigenvalue weighted by molar-refractivity contribution is 6.74. The molecule has 6 nitrogen and oxygen atoms in total. The van der Waals surface area contributed by atoms with Crippen molar-refractivity contribution >= 4 is 25.9 Å². The van der Waals surface area contributed by atoms with Crippen LogP contribution in [-0.4, -0.2) is 55.5 Å². The molecule has 1 aliphatic heterocycles. The summed E-state index contributed by atoms with van der Waals surface area (Å²) < 4.78 is 19.8. The highest BCUT2D eigenvalue weighted by Crippen LogP contribution is 2.42. The van der Waals surface area contributed by atoms with Crippen LogP contribution in [-0.2, 0) is 24.3 Å². The minimum Gasteiger partial charge on any atom is -0.481 e. The molecule has 0 bridgehead atoms. The fourth-order valence-electron chi connectivity index (χ4n) is 6.02. The van der Waals surface area contributed by atoms with Gasteiger partial charge in [-0.15, -0.1) is 0 Å². The van der Waals surface area contributed by atoms with Gasteiger partial charge < -0.3 is 24.1 Å². The van der Waals surface area contributed by atoms with Crippen LogP contribution < -0.4 is 0 Å². The molecule has 4 rings (SSSR count). The lowest BCUT2D eigenvalue weighted by Gasteiger charge is -2.39. The van der Waals surface area contributed by atoms with E-state index in [0.717, 1.165) is 22.3 Å². The van der Waals surface area contributed by atoms with E-state index in [1.54, 1.807) is 0 Å². The number of aliphatic carboxylic acids is 1. The third-order valence-electron chi connectivity index (χ3n) is 9.90. The Morgan fingerprint density at radius 2 is 1.45 bits per heavy atom. The van der Waals surface area contributed by atoms with Gasteiger partial charge in [-0.1, -0.05) is 136 Å². The molecule has 0 unspecified atom stereocenters. The summed E-state index contributed by atoms with van der Waals surface area (Å²) in [5, 5.41) is 21.3. The number of aliphatic hydroxyl groups excluding tert-OH is 1. The Morgan fingerprint density at radius 3 is 1.92 bits per heavy atom. The van der Waals surface area contributed by atoms with Crippen LogP contribution in [0.4, 0.5) is 0 Å². The molecule has 3 aromatic rings. The molecule has 264 valence electrons. The number of rotatable bonds is 16.